The van der Waals surface area contributed by atoms with Crippen molar-refractivity contribution in [2.45, 2.75) is 19.4 Å². The molecule has 4 heterocycles. The predicted octanol–water partition coefficient (Wildman–Crippen LogP) is 0.826. The Kier molecular flexibility index (Phi) is 3.37. The number of carbonyl (C=O) groups excluding carboxylic acids is 2. The molecule has 0 spiro atoms. The third-order valence-electron chi connectivity index (χ3n) is 5.22. The second-order valence-electron chi connectivity index (χ2n) is 6.81. The molecule has 2 amide bonds. The monoisotopic (exact) mass is 354 g/mol. The molecule has 1 atom stereocenters. The highest BCUT2D eigenvalue weighted by Crippen LogP contribution is 2.37. The summed E-state index contributed by atoms with van der Waals surface area (Å²) in [5, 5.41) is 10.3. The van der Waals surface area contributed by atoms with Gasteiger partial charge in [-0.2, -0.15) is 5.10 Å². The average Bonchev–Trinajstić information content (AvgIpc) is 3.38. The molecule has 0 radical (unpaired) electrons. The van der Waals surface area contributed by atoms with Gasteiger partial charge < -0.3 is 19.7 Å². The number of carbonyl (C=O) groups is 2. The van der Waals surface area contributed by atoms with Gasteiger partial charge in [0, 0.05) is 49.3 Å². The summed E-state index contributed by atoms with van der Waals surface area (Å²) in [6.45, 7) is 1.80. The fourth-order valence-electron chi connectivity index (χ4n) is 3.80. The lowest BCUT2D eigenvalue weighted by atomic mass is 9.99. The fourth-order valence-corrected chi connectivity index (χ4v) is 3.80. The molecule has 1 fully saturated rings. The Labute approximate surface area is 149 Å². The Morgan fingerprint density at radius 1 is 1.27 bits per heavy atom. The van der Waals surface area contributed by atoms with Crippen molar-refractivity contribution >= 4 is 11.8 Å². The second-order valence-corrected chi connectivity index (χ2v) is 6.81. The number of nitrogens with one attached hydrogen (secondary N) is 2. The minimum absolute atomic E-state index is 0.0341. The van der Waals surface area contributed by atoms with Crippen molar-refractivity contribution in [3.63, 3.8) is 0 Å². The van der Waals surface area contributed by atoms with Crippen LogP contribution in [0.25, 0.3) is 11.3 Å². The maximum absolute atomic E-state index is 12.7. The van der Waals surface area contributed by atoms with Gasteiger partial charge in [0.15, 0.2) is 11.5 Å². The van der Waals surface area contributed by atoms with Gasteiger partial charge in [0.1, 0.15) is 0 Å². The van der Waals surface area contributed by atoms with E-state index in [0.29, 0.717) is 25.4 Å². The van der Waals surface area contributed by atoms with Gasteiger partial charge >= 0.3 is 0 Å². The normalized spacial score (nSPS) is 20.8. The molecule has 2 N–H and O–H groups in total. The number of aromatic nitrogens is 2. The van der Waals surface area contributed by atoms with Crippen LogP contribution in [0.3, 0.4) is 0 Å². The van der Waals surface area contributed by atoms with Crippen LogP contribution in [-0.4, -0.2) is 46.8 Å². The van der Waals surface area contributed by atoms with Gasteiger partial charge in [0.05, 0.1) is 11.6 Å². The Hall–Kier alpha value is -3.03. The van der Waals surface area contributed by atoms with Crippen LogP contribution in [0.4, 0.5) is 0 Å². The number of nitrogens with zero attached hydrogens (tertiary/aromatic N) is 2. The molecular weight excluding hydrogens is 336 g/mol. The lowest BCUT2D eigenvalue weighted by Gasteiger charge is -2.29. The van der Waals surface area contributed by atoms with Crippen LogP contribution in [-0.2, 0) is 22.6 Å². The Morgan fingerprint density at radius 3 is 3.00 bits per heavy atom. The van der Waals surface area contributed by atoms with Crippen LogP contribution in [0.1, 0.15) is 17.7 Å². The number of benzene rings is 1. The molecule has 2 aromatic rings. The van der Waals surface area contributed by atoms with E-state index in [4.69, 9.17) is 9.47 Å². The number of H-pyrrole nitrogens is 1. The average molecular weight is 354 g/mol. The highest BCUT2D eigenvalue weighted by Gasteiger charge is 2.34. The fraction of sp³-hybridized carbons (Fsp3) is 0.389. The van der Waals surface area contributed by atoms with E-state index in [1.165, 1.54) is 0 Å². The van der Waals surface area contributed by atoms with Crippen molar-refractivity contribution in [1.82, 2.24) is 20.4 Å². The zero-order valence-corrected chi connectivity index (χ0v) is 14.1. The van der Waals surface area contributed by atoms with Crippen LogP contribution in [0.2, 0.25) is 0 Å². The number of amides is 2. The molecule has 0 bridgehead atoms. The van der Waals surface area contributed by atoms with Gasteiger partial charge in [-0.3, -0.25) is 14.7 Å². The van der Waals surface area contributed by atoms with Crippen molar-refractivity contribution < 1.29 is 19.1 Å². The Bertz CT molecular complexity index is 907. The zero-order chi connectivity index (χ0) is 17.7. The van der Waals surface area contributed by atoms with Gasteiger partial charge in [-0.1, -0.05) is 0 Å². The zero-order valence-electron chi connectivity index (χ0n) is 14.1. The van der Waals surface area contributed by atoms with E-state index in [2.05, 4.69) is 15.5 Å². The number of hydrogen-bond acceptors (Lipinski definition) is 5. The molecular formula is C18H18N4O4. The van der Waals surface area contributed by atoms with Crippen molar-refractivity contribution in [3.05, 3.63) is 29.5 Å². The van der Waals surface area contributed by atoms with E-state index < -0.39 is 0 Å². The molecule has 0 aliphatic carbocycles. The van der Waals surface area contributed by atoms with Crippen molar-refractivity contribution in [2.75, 3.05) is 19.9 Å². The van der Waals surface area contributed by atoms with E-state index >= 15 is 0 Å². The molecule has 3 aliphatic rings. The van der Waals surface area contributed by atoms with Gasteiger partial charge in [-0.05, 0) is 18.2 Å². The molecule has 8 heteroatoms. The van der Waals surface area contributed by atoms with E-state index in [1.807, 2.05) is 23.1 Å². The summed E-state index contributed by atoms with van der Waals surface area (Å²) in [5.74, 6) is 1.16. The molecule has 1 unspecified atom stereocenters. The predicted molar refractivity (Wildman–Crippen MR) is 90.4 cm³/mol. The third-order valence-corrected chi connectivity index (χ3v) is 5.22. The summed E-state index contributed by atoms with van der Waals surface area (Å²) in [5.41, 5.74) is 3.85. The Morgan fingerprint density at radius 2 is 2.15 bits per heavy atom. The van der Waals surface area contributed by atoms with E-state index in [0.717, 1.165) is 34.7 Å². The summed E-state index contributed by atoms with van der Waals surface area (Å²) >= 11 is 0. The van der Waals surface area contributed by atoms with Crippen molar-refractivity contribution in [2.24, 2.45) is 5.92 Å². The number of hydrogen-bond donors (Lipinski definition) is 2. The SMILES string of the molecule is O=C1CC(C(=O)N2CCc3[nH]nc(-c4ccc5c(c4)OCO5)c3C2)CN1. The summed E-state index contributed by atoms with van der Waals surface area (Å²) in [6.07, 6.45) is 1.01. The summed E-state index contributed by atoms with van der Waals surface area (Å²) in [7, 11) is 0. The van der Waals surface area contributed by atoms with Crippen LogP contribution in [0.15, 0.2) is 18.2 Å². The molecule has 26 heavy (non-hydrogen) atoms. The number of fused-ring (bicyclic) bond motifs is 2. The van der Waals surface area contributed by atoms with Crippen LogP contribution >= 0.6 is 0 Å². The molecule has 3 aliphatic heterocycles. The number of ether oxygens (including phenoxy) is 2. The molecule has 1 aromatic carbocycles. The minimum atomic E-state index is -0.259. The first-order chi connectivity index (χ1) is 12.7. The molecule has 0 saturated carbocycles. The lowest BCUT2D eigenvalue weighted by molar-refractivity contribution is -0.136. The first-order valence-corrected chi connectivity index (χ1v) is 8.70. The van der Waals surface area contributed by atoms with Crippen LogP contribution in [0, 0.1) is 5.92 Å². The summed E-state index contributed by atoms with van der Waals surface area (Å²) < 4.78 is 10.8. The van der Waals surface area contributed by atoms with Gasteiger partial charge in [-0.15, -0.1) is 0 Å². The summed E-state index contributed by atoms with van der Waals surface area (Å²) in [4.78, 5) is 26.0. The maximum Gasteiger partial charge on any atom is 0.231 e. The topological polar surface area (TPSA) is 96.6 Å². The number of aromatic amines is 1. The third kappa shape index (κ3) is 2.40. The number of rotatable bonds is 2. The Balaban J connectivity index is 1.42. The highest BCUT2D eigenvalue weighted by atomic mass is 16.7. The smallest absolute Gasteiger partial charge is 0.231 e. The molecule has 5 rings (SSSR count). The van der Waals surface area contributed by atoms with E-state index in [9.17, 15) is 9.59 Å². The lowest BCUT2D eigenvalue weighted by Crippen LogP contribution is -2.40. The van der Waals surface area contributed by atoms with E-state index in [-0.39, 0.29) is 30.9 Å². The standard InChI is InChI=1S/C18H18N4O4/c23-16-6-11(7-19-16)18(24)22-4-3-13-12(8-22)17(21-20-13)10-1-2-14-15(5-10)26-9-25-14/h1-2,5,11H,3-4,6-9H2,(H,19,23)(H,20,21). The van der Waals surface area contributed by atoms with E-state index in [1.54, 1.807) is 0 Å². The second kappa shape index (κ2) is 5.76. The van der Waals surface area contributed by atoms with Crippen LogP contribution < -0.4 is 14.8 Å². The quantitative estimate of drug-likeness (QED) is 0.833. The van der Waals surface area contributed by atoms with Gasteiger partial charge in [-0.25, -0.2) is 0 Å². The van der Waals surface area contributed by atoms with Crippen LogP contribution in [0.5, 0.6) is 11.5 Å². The highest BCUT2D eigenvalue weighted by molar-refractivity contribution is 5.89. The maximum atomic E-state index is 12.7. The first-order valence-electron chi connectivity index (χ1n) is 8.70. The van der Waals surface area contributed by atoms with Gasteiger partial charge in [0.25, 0.3) is 0 Å². The largest absolute Gasteiger partial charge is 0.454 e. The molecule has 1 saturated heterocycles. The summed E-state index contributed by atoms with van der Waals surface area (Å²) in [6, 6.07) is 5.74. The minimum Gasteiger partial charge on any atom is -0.454 e. The first kappa shape index (κ1) is 15.2. The van der Waals surface area contributed by atoms with Gasteiger partial charge in [0.2, 0.25) is 18.6 Å². The van der Waals surface area contributed by atoms with Crippen molar-refractivity contribution in [3.8, 4) is 22.8 Å². The molecule has 8 nitrogen and oxygen atoms in total. The van der Waals surface area contributed by atoms with Crippen molar-refractivity contribution in [1.29, 1.82) is 0 Å². The molecule has 1 aromatic heterocycles. The molecule has 134 valence electrons.